The number of para-hydroxylation sites is 2. The summed E-state index contributed by atoms with van der Waals surface area (Å²) in [4.78, 5) is 24.6. The Bertz CT molecular complexity index is 719. The van der Waals surface area contributed by atoms with Gasteiger partial charge in [-0.3, -0.25) is 9.59 Å². The first-order valence-electron chi connectivity index (χ1n) is 8.68. The monoisotopic (exact) mass is 355 g/mol. The minimum Gasteiger partial charge on any atom is -0.494 e. The molecule has 0 saturated carbocycles. The smallest absolute Gasteiger partial charge is 0.253 e. The van der Waals surface area contributed by atoms with E-state index in [1.807, 2.05) is 37.3 Å². The van der Waals surface area contributed by atoms with Gasteiger partial charge in [0, 0.05) is 19.0 Å². The number of hydrogen-bond acceptors (Lipinski definition) is 4. The van der Waals surface area contributed by atoms with Crippen molar-refractivity contribution in [2.45, 2.75) is 13.3 Å². The zero-order chi connectivity index (χ0) is 18.8. The van der Waals surface area contributed by atoms with Crippen molar-refractivity contribution in [1.82, 2.24) is 5.32 Å². The summed E-state index contributed by atoms with van der Waals surface area (Å²) >= 11 is 0. The van der Waals surface area contributed by atoms with Crippen molar-refractivity contribution in [1.29, 1.82) is 0 Å². The van der Waals surface area contributed by atoms with Crippen LogP contribution in [-0.2, 0) is 4.79 Å². The van der Waals surface area contributed by atoms with Crippen LogP contribution in [0, 0.1) is 5.92 Å². The van der Waals surface area contributed by atoms with E-state index in [2.05, 4.69) is 10.6 Å². The van der Waals surface area contributed by atoms with Gasteiger partial charge < -0.3 is 21.1 Å². The van der Waals surface area contributed by atoms with Gasteiger partial charge in [0.25, 0.3) is 5.91 Å². The third-order valence-electron chi connectivity index (χ3n) is 3.87. The molecule has 2 aromatic carbocycles. The average molecular weight is 355 g/mol. The predicted molar refractivity (Wildman–Crippen MR) is 102 cm³/mol. The molecular formula is C20H25N3O3. The van der Waals surface area contributed by atoms with E-state index in [4.69, 9.17) is 10.5 Å². The lowest BCUT2D eigenvalue weighted by molar-refractivity contribution is -0.119. The Balaban J connectivity index is 1.89. The molecule has 0 bridgehead atoms. The van der Waals surface area contributed by atoms with Crippen LogP contribution in [0.1, 0.15) is 23.7 Å². The molecule has 0 aliphatic heterocycles. The number of ether oxygens (including phenoxy) is 1. The number of anilines is 1. The number of benzene rings is 2. The molecule has 0 spiro atoms. The summed E-state index contributed by atoms with van der Waals surface area (Å²) in [6.45, 7) is 3.02. The molecule has 138 valence electrons. The van der Waals surface area contributed by atoms with Gasteiger partial charge in [-0.05, 0) is 30.7 Å². The van der Waals surface area contributed by atoms with Crippen molar-refractivity contribution >= 4 is 17.5 Å². The Labute approximate surface area is 153 Å². The van der Waals surface area contributed by atoms with Crippen molar-refractivity contribution in [2.75, 3.05) is 25.0 Å². The van der Waals surface area contributed by atoms with Crippen LogP contribution in [-0.4, -0.2) is 31.5 Å². The molecule has 0 fully saturated rings. The SMILES string of the molecule is CC(CCOc1ccccc1)C(=O)Nc1ccccc1C(=O)NCCN. The Hall–Kier alpha value is -2.86. The standard InChI is InChI=1S/C20H25N3O3/c1-15(11-14-26-16-7-3-2-4-8-16)19(24)23-18-10-6-5-9-17(18)20(25)22-13-12-21/h2-10,15H,11-14,21H2,1H3,(H,22,25)(H,23,24). The van der Waals surface area contributed by atoms with Crippen molar-refractivity contribution in [3.8, 4) is 5.75 Å². The van der Waals surface area contributed by atoms with Crippen LogP contribution < -0.4 is 21.1 Å². The number of nitrogens with one attached hydrogen (secondary N) is 2. The van der Waals surface area contributed by atoms with Crippen LogP contribution in [0.5, 0.6) is 5.75 Å². The highest BCUT2D eigenvalue weighted by atomic mass is 16.5. The summed E-state index contributed by atoms with van der Waals surface area (Å²) in [5.74, 6) is 0.119. The third kappa shape index (κ3) is 5.89. The second-order valence-electron chi connectivity index (χ2n) is 5.93. The van der Waals surface area contributed by atoms with Crippen molar-refractivity contribution < 1.29 is 14.3 Å². The zero-order valence-electron chi connectivity index (χ0n) is 14.9. The second-order valence-corrected chi connectivity index (χ2v) is 5.93. The lowest BCUT2D eigenvalue weighted by atomic mass is 10.1. The van der Waals surface area contributed by atoms with Gasteiger partial charge in [-0.15, -0.1) is 0 Å². The number of nitrogens with two attached hydrogens (primary N) is 1. The highest BCUT2D eigenvalue weighted by Crippen LogP contribution is 2.17. The number of hydrogen-bond donors (Lipinski definition) is 3. The molecule has 6 nitrogen and oxygen atoms in total. The second kappa shape index (κ2) is 10.2. The van der Waals surface area contributed by atoms with E-state index in [0.29, 0.717) is 37.4 Å². The molecule has 2 rings (SSSR count). The topological polar surface area (TPSA) is 93.4 Å². The van der Waals surface area contributed by atoms with Crippen LogP contribution in [0.15, 0.2) is 54.6 Å². The van der Waals surface area contributed by atoms with Gasteiger partial charge in [0.1, 0.15) is 5.75 Å². The molecule has 0 heterocycles. The normalized spacial score (nSPS) is 11.5. The van der Waals surface area contributed by atoms with E-state index in [1.54, 1.807) is 24.3 Å². The van der Waals surface area contributed by atoms with Crippen molar-refractivity contribution in [3.63, 3.8) is 0 Å². The predicted octanol–water partition coefficient (Wildman–Crippen LogP) is 2.42. The van der Waals surface area contributed by atoms with Gasteiger partial charge in [-0.25, -0.2) is 0 Å². The Morgan fingerprint density at radius 2 is 1.77 bits per heavy atom. The summed E-state index contributed by atoms with van der Waals surface area (Å²) < 4.78 is 5.63. The molecule has 2 aromatic rings. The maximum atomic E-state index is 12.4. The Kier molecular flexibility index (Phi) is 7.64. The summed E-state index contributed by atoms with van der Waals surface area (Å²) in [5, 5.41) is 5.54. The molecule has 1 unspecified atom stereocenters. The van der Waals surface area contributed by atoms with E-state index in [9.17, 15) is 9.59 Å². The molecule has 0 aliphatic carbocycles. The lowest BCUT2D eigenvalue weighted by Gasteiger charge is -2.15. The highest BCUT2D eigenvalue weighted by molar-refractivity contribution is 6.04. The molecule has 0 radical (unpaired) electrons. The van der Waals surface area contributed by atoms with E-state index < -0.39 is 0 Å². The fourth-order valence-electron chi connectivity index (χ4n) is 2.33. The molecule has 26 heavy (non-hydrogen) atoms. The van der Waals surface area contributed by atoms with Crippen LogP contribution in [0.25, 0.3) is 0 Å². The van der Waals surface area contributed by atoms with Crippen molar-refractivity contribution in [3.05, 3.63) is 60.2 Å². The largest absolute Gasteiger partial charge is 0.494 e. The number of carbonyl (C=O) groups excluding carboxylic acids is 2. The van der Waals surface area contributed by atoms with Crippen LogP contribution in [0.2, 0.25) is 0 Å². The number of carbonyl (C=O) groups is 2. The number of rotatable bonds is 9. The molecule has 6 heteroatoms. The van der Waals surface area contributed by atoms with Gasteiger partial charge in [0.05, 0.1) is 17.9 Å². The average Bonchev–Trinajstić information content (AvgIpc) is 2.67. The molecule has 0 aliphatic rings. The van der Waals surface area contributed by atoms with E-state index >= 15 is 0 Å². The van der Waals surface area contributed by atoms with E-state index in [-0.39, 0.29) is 17.7 Å². The highest BCUT2D eigenvalue weighted by Gasteiger charge is 2.17. The molecule has 4 N–H and O–H groups in total. The summed E-state index contributed by atoms with van der Waals surface area (Å²) in [7, 11) is 0. The number of amides is 2. The third-order valence-corrected chi connectivity index (χ3v) is 3.87. The first-order chi connectivity index (χ1) is 12.6. The fraction of sp³-hybridized carbons (Fsp3) is 0.300. The maximum absolute atomic E-state index is 12.4. The Morgan fingerprint density at radius 3 is 2.50 bits per heavy atom. The van der Waals surface area contributed by atoms with Crippen LogP contribution in [0.4, 0.5) is 5.69 Å². The summed E-state index contributed by atoms with van der Waals surface area (Å²) in [5.41, 5.74) is 6.31. The maximum Gasteiger partial charge on any atom is 0.253 e. The van der Waals surface area contributed by atoms with Crippen LogP contribution >= 0.6 is 0 Å². The molecule has 0 saturated heterocycles. The minimum atomic E-state index is -0.258. The first kappa shape index (κ1) is 19.5. The van der Waals surface area contributed by atoms with E-state index in [1.165, 1.54) is 0 Å². The van der Waals surface area contributed by atoms with Crippen molar-refractivity contribution in [2.24, 2.45) is 11.7 Å². The first-order valence-corrected chi connectivity index (χ1v) is 8.68. The molecule has 0 aromatic heterocycles. The van der Waals surface area contributed by atoms with E-state index in [0.717, 1.165) is 5.75 Å². The summed E-state index contributed by atoms with van der Waals surface area (Å²) in [6, 6.07) is 16.4. The quantitative estimate of drug-likeness (QED) is 0.644. The van der Waals surface area contributed by atoms with Gasteiger partial charge in [0.15, 0.2) is 0 Å². The lowest BCUT2D eigenvalue weighted by Crippen LogP contribution is -2.30. The van der Waals surface area contributed by atoms with Gasteiger partial charge in [-0.2, -0.15) is 0 Å². The minimum absolute atomic E-state index is 0.152. The Morgan fingerprint density at radius 1 is 1.08 bits per heavy atom. The van der Waals surface area contributed by atoms with Gasteiger partial charge in [0.2, 0.25) is 5.91 Å². The zero-order valence-corrected chi connectivity index (χ0v) is 14.9. The summed E-state index contributed by atoms with van der Waals surface area (Å²) in [6.07, 6.45) is 0.572. The van der Waals surface area contributed by atoms with Gasteiger partial charge >= 0.3 is 0 Å². The molecule has 1 atom stereocenters. The fourth-order valence-corrected chi connectivity index (χ4v) is 2.33. The van der Waals surface area contributed by atoms with Gasteiger partial charge in [-0.1, -0.05) is 37.3 Å². The molecular weight excluding hydrogens is 330 g/mol. The molecule has 2 amide bonds. The van der Waals surface area contributed by atoms with Crippen LogP contribution in [0.3, 0.4) is 0 Å².